The van der Waals surface area contributed by atoms with Crippen LogP contribution < -0.4 is 24.8 Å². The molecule has 2 amide bonds. The highest BCUT2D eigenvalue weighted by Gasteiger charge is 2.05. The highest BCUT2D eigenvalue weighted by molar-refractivity contribution is 5.73. The summed E-state index contributed by atoms with van der Waals surface area (Å²) < 4.78 is 16.2. The Morgan fingerprint density at radius 2 is 1.59 bits per heavy atom. The summed E-state index contributed by atoms with van der Waals surface area (Å²) in [6, 6.07) is 11.6. The molecule has 0 saturated heterocycles. The van der Waals surface area contributed by atoms with E-state index in [1.807, 2.05) is 44.2 Å². The number of methoxy groups -OCH3 is 2. The molecule has 0 aromatic heterocycles. The normalized spacial score (nSPS) is 10.2. The summed E-state index contributed by atoms with van der Waals surface area (Å²) in [6.07, 6.45) is 0.701. The first-order chi connectivity index (χ1) is 13.0. The number of rotatable bonds is 9. The number of benzene rings is 2. The van der Waals surface area contributed by atoms with Gasteiger partial charge in [-0.05, 0) is 49.6 Å². The van der Waals surface area contributed by atoms with Gasteiger partial charge in [-0.15, -0.1) is 0 Å². The molecule has 0 bridgehead atoms. The molecule has 0 unspecified atom stereocenters. The summed E-state index contributed by atoms with van der Waals surface area (Å²) in [6.45, 7) is 5.45. The maximum Gasteiger partial charge on any atom is 0.314 e. The third kappa shape index (κ3) is 6.40. The van der Waals surface area contributed by atoms with E-state index in [0.29, 0.717) is 37.6 Å². The lowest BCUT2D eigenvalue weighted by molar-refractivity contribution is 0.236. The molecule has 0 spiro atoms. The van der Waals surface area contributed by atoms with Crippen LogP contribution in [0.5, 0.6) is 17.2 Å². The Morgan fingerprint density at radius 3 is 2.30 bits per heavy atom. The molecular formula is C21H28N2O4. The third-order valence-corrected chi connectivity index (χ3v) is 4.12. The molecule has 0 aliphatic heterocycles. The molecule has 146 valence electrons. The van der Waals surface area contributed by atoms with Crippen molar-refractivity contribution in [3.63, 3.8) is 0 Å². The van der Waals surface area contributed by atoms with E-state index in [9.17, 15) is 4.79 Å². The molecule has 2 aromatic carbocycles. The average molecular weight is 372 g/mol. The highest BCUT2D eigenvalue weighted by Crippen LogP contribution is 2.27. The number of carbonyl (C=O) groups is 1. The summed E-state index contributed by atoms with van der Waals surface area (Å²) in [4.78, 5) is 11.9. The second-order valence-corrected chi connectivity index (χ2v) is 6.24. The van der Waals surface area contributed by atoms with Crippen LogP contribution in [0.4, 0.5) is 4.79 Å². The van der Waals surface area contributed by atoms with E-state index in [-0.39, 0.29) is 6.03 Å². The van der Waals surface area contributed by atoms with Gasteiger partial charge in [0.2, 0.25) is 0 Å². The van der Waals surface area contributed by atoms with Gasteiger partial charge in [-0.2, -0.15) is 0 Å². The number of hydrogen-bond acceptors (Lipinski definition) is 4. The van der Waals surface area contributed by atoms with Crippen molar-refractivity contribution in [2.24, 2.45) is 0 Å². The largest absolute Gasteiger partial charge is 0.493 e. The van der Waals surface area contributed by atoms with Crippen LogP contribution in [0.15, 0.2) is 36.4 Å². The Bertz CT molecular complexity index is 762. The summed E-state index contributed by atoms with van der Waals surface area (Å²) in [5.41, 5.74) is 3.35. The van der Waals surface area contributed by atoms with Crippen LogP contribution >= 0.6 is 0 Å². The molecule has 0 heterocycles. The van der Waals surface area contributed by atoms with Gasteiger partial charge < -0.3 is 24.8 Å². The van der Waals surface area contributed by atoms with Gasteiger partial charge in [0, 0.05) is 6.54 Å². The summed E-state index contributed by atoms with van der Waals surface area (Å²) in [7, 11) is 3.21. The van der Waals surface area contributed by atoms with Crippen LogP contribution in [0.2, 0.25) is 0 Å². The van der Waals surface area contributed by atoms with E-state index >= 15 is 0 Å². The van der Waals surface area contributed by atoms with Gasteiger partial charge in [-0.1, -0.05) is 23.8 Å². The topological polar surface area (TPSA) is 68.8 Å². The Morgan fingerprint density at radius 1 is 0.889 bits per heavy atom. The van der Waals surface area contributed by atoms with E-state index in [0.717, 1.165) is 16.9 Å². The van der Waals surface area contributed by atoms with E-state index in [1.165, 1.54) is 5.56 Å². The zero-order valence-corrected chi connectivity index (χ0v) is 16.4. The van der Waals surface area contributed by atoms with Gasteiger partial charge in [0.1, 0.15) is 12.4 Å². The number of amides is 2. The van der Waals surface area contributed by atoms with Crippen molar-refractivity contribution in [2.75, 3.05) is 33.9 Å². The van der Waals surface area contributed by atoms with Crippen LogP contribution in [0.3, 0.4) is 0 Å². The Kier molecular flexibility index (Phi) is 7.79. The number of carbonyl (C=O) groups excluding carboxylic acids is 1. The third-order valence-electron chi connectivity index (χ3n) is 4.12. The number of aryl methyl sites for hydroxylation is 2. The summed E-state index contributed by atoms with van der Waals surface area (Å²) in [5.74, 6) is 2.22. The average Bonchev–Trinajstić information content (AvgIpc) is 2.66. The van der Waals surface area contributed by atoms with Crippen molar-refractivity contribution in [3.05, 3.63) is 53.1 Å². The standard InChI is InChI=1S/C21H28N2O4/c1-15-5-7-18(16(2)13-15)27-12-11-23-21(24)22-10-9-17-6-8-19(25-3)20(14-17)26-4/h5-8,13-14H,9-12H2,1-4H3,(H2,22,23,24). The smallest absolute Gasteiger partial charge is 0.314 e. The Labute approximate surface area is 160 Å². The zero-order chi connectivity index (χ0) is 19.6. The molecule has 2 N–H and O–H groups in total. The molecule has 2 aromatic rings. The Hall–Kier alpha value is -2.89. The molecule has 0 aliphatic rings. The SMILES string of the molecule is COc1ccc(CCNC(=O)NCCOc2ccc(C)cc2C)cc1OC. The fourth-order valence-electron chi connectivity index (χ4n) is 2.71. The van der Waals surface area contributed by atoms with Gasteiger partial charge in [-0.25, -0.2) is 4.79 Å². The molecule has 0 radical (unpaired) electrons. The second kappa shape index (κ2) is 10.3. The van der Waals surface area contributed by atoms with Gasteiger partial charge in [0.15, 0.2) is 11.5 Å². The molecular weight excluding hydrogens is 344 g/mol. The predicted molar refractivity (Wildman–Crippen MR) is 106 cm³/mol. The van der Waals surface area contributed by atoms with E-state index < -0.39 is 0 Å². The van der Waals surface area contributed by atoms with Crippen molar-refractivity contribution in [2.45, 2.75) is 20.3 Å². The lowest BCUT2D eigenvalue weighted by Gasteiger charge is -2.12. The Balaban J connectivity index is 1.66. The lowest BCUT2D eigenvalue weighted by Crippen LogP contribution is -2.38. The molecule has 0 aliphatic carbocycles. The van der Waals surface area contributed by atoms with Crippen molar-refractivity contribution >= 4 is 6.03 Å². The number of urea groups is 1. The first kappa shape index (κ1) is 20.4. The van der Waals surface area contributed by atoms with E-state index in [4.69, 9.17) is 14.2 Å². The van der Waals surface area contributed by atoms with Crippen molar-refractivity contribution in [1.82, 2.24) is 10.6 Å². The molecule has 2 rings (SSSR count). The quantitative estimate of drug-likeness (QED) is 0.663. The molecule has 27 heavy (non-hydrogen) atoms. The van der Waals surface area contributed by atoms with Gasteiger partial charge in [0.25, 0.3) is 0 Å². The first-order valence-corrected chi connectivity index (χ1v) is 8.96. The second-order valence-electron chi connectivity index (χ2n) is 6.24. The summed E-state index contributed by atoms with van der Waals surface area (Å²) >= 11 is 0. The zero-order valence-electron chi connectivity index (χ0n) is 16.4. The fourth-order valence-corrected chi connectivity index (χ4v) is 2.71. The molecule has 0 saturated carbocycles. The highest BCUT2D eigenvalue weighted by atomic mass is 16.5. The first-order valence-electron chi connectivity index (χ1n) is 8.96. The number of hydrogen-bond donors (Lipinski definition) is 2. The fraction of sp³-hybridized carbons (Fsp3) is 0.381. The minimum atomic E-state index is -0.209. The maximum absolute atomic E-state index is 11.9. The van der Waals surface area contributed by atoms with Crippen LogP contribution in [-0.2, 0) is 6.42 Å². The van der Waals surface area contributed by atoms with Crippen molar-refractivity contribution in [3.8, 4) is 17.2 Å². The molecule has 0 atom stereocenters. The van der Waals surface area contributed by atoms with Gasteiger partial charge in [0.05, 0.1) is 20.8 Å². The number of nitrogens with one attached hydrogen (secondary N) is 2. The molecule has 6 heteroatoms. The molecule has 6 nitrogen and oxygen atoms in total. The van der Waals surface area contributed by atoms with Crippen molar-refractivity contribution in [1.29, 1.82) is 0 Å². The minimum Gasteiger partial charge on any atom is -0.493 e. The number of ether oxygens (including phenoxy) is 3. The van der Waals surface area contributed by atoms with Crippen LogP contribution in [-0.4, -0.2) is 39.9 Å². The monoisotopic (exact) mass is 372 g/mol. The molecule has 0 fully saturated rings. The minimum absolute atomic E-state index is 0.209. The predicted octanol–water partition coefficient (Wildman–Crippen LogP) is 3.24. The van der Waals surface area contributed by atoms with Crippen LogP contribution in [0, 0.1) is 13.8 Å². The van der Waals surface area contributed by atoms with Crippen LogP contribution in [0.25, 0.3) is 0 Å². The van der Waals surface area contributed by atoms with Crippen molar-refractivity contribution < 1.29 is 19.0 Å². The van der Waals surface area contributed by atoms with Crippen LogP contribution in [0.1, 0.15) is 16.7 Å². The van der Waals surface area contributed by atoms with Gasteiger partial charge >= 0.3 is 6.03 Å². The van der Waals surface area contributed by atoms with E-state index in [2.05, 4.69) is 16.7 Å². The maximum atomic E-state index is 11.9. The van der Waals surface area contributed by atoms with E-state index in [1.54, 1.807) is 14.2 Å². The van der Waals surface area contributed by atoms with Gasteiger partial charge in [-0.3, -0.25) is 0 Å². The lowest BCUT2D eigenvalue weighted by atomic mass is 10.1. The summed E-state index contributed by atoms with van der Waals surface area (Å²) in [5, 5.41) is 5.63.